The normalized spacial score (nSPS) is 27.8. The lowest BCUT2D eigenvalue weighted by atomic mass is 10.0. The minimum Gasteiger partial charge on any atom is -0.481 e. The number of rotatable bonds is 5. The number of likely N-dealkylation sites (tertiary alicyclic amines) is 2. The van der Waals surface area contributed by atoms with E-state index in [1.807, 2.05) is 6.92 Å². The summed E-state index contributed by atoms with van der Waals surface area (Å²) in [6, 6.07) is -0.351. The summed E-state index contributed by atoms with van der Waals surface area (Å²) in [5, 5.41) is 12.1. The van der Waals surface area contributed by atoms with Crippen LogP contribution in [-0.4, -0.2) is 65.7 Å². The van der Waals surface area contributed by atoms with Gasteiger partial charge in [-0.1, -0.05) is 6.92 Å². The van der Waals surface area contributed by atoms with E-state index < -0.39 is 11.9 Å². The highest BCUT2D eigenvalue weighted by Crippen LogP contribution is 2.24. The molecule has 2 fully saturated rings. The van der Waals surface area contributed by atoms with E-state index in [0.29, 0.717) is 25.4 Å². The molecule has 0 saturated carbocycles. The highest BCUT2D eigenvalue weighted by atomic mass is 16.4. The van der Waals surface area contributed by atoms with Crippen molar-refractivity contribution >= 4 is 12.0 Å². The van der Waals surface area contributed by atoms with Gasteiger partial charge in [0.2, 0.25) is 0 Å². The van der Waals surface area contributed by atoms with Crippen LogP contribution in [0.3, 0.4) is 0 Å². The number of hydrogen-bond acceptors (Lipinski definition) is 3. The van der Waals surface area contributed by atoms with Gasteiger partial charge in [0.05, 0.1) is 5.92 Å². The molecular weight excluding hydrogens is 270 g/mol. The van der Waals surface area contributed by atoms with Crippen LogP contribution in [0.25, 0.3) is 0 Å². The molecule has 2 aliphatic heterocycles. The Morgan fingerprint density at radius 3 is 2.52 bits per heavy atom. The van der Waals surface area contributed by atoms with Crippen molar-refractivity contribution in [2.24, 2.45) is 11.8 Å². The van der Waals surface area contributed by atoms with Crippen molar-refractivity contribution < 1.29 is 14.7 Å². The van der Waals surface area contributed by atoms with Gasteiger partial charge in [0.25, 0.3) is 0 Å². The lowest BCUT2D eigenvalue weighted by molar-refractivity contribution is -0.142. The summed E-state index contributed by atoms with van der Waals surface area (Å²) in [6.07, 6.45) is 3.11. The molecule has 0 aromatic carbocycles. The number of amides is 2. The molecule has 0 aromatic rings. The van der Waals surface area contributed by atoms with Gasteiger partial charge < -0.3 is 20.2 Å². The molecule has 2 aliphatic rings. The molecule has 21 heavy (non-hydrogen) atoms. The molecule has 2 saturated heterocycles. The quantitative estimate of drug-likeness (QED) is 0.800. The van der Waals surface area contributed by atoms with Crippen molar-refractivity contribution in [2.45, 2.75) is 39.2 Å². The summed E-state index contributed by atoms with van der Waals surface area (Å²) >= 11 is 0. The zero-order valence-corrected chi connectivity index (χ0v) is 13.0. The zero-order valence-electron chi connectivity index (χ0n) is 13.0. The van der Waals surface area contributed by atoms with Gasteiger partial charge in [-0.2, -0.15) is 0 Å². The SMILES string of the molecule is CC(CNC(=O)N1CCC(C(=O)O)C1C)CN1CCCC1. The number of urea groups is 1. The Bertz CT molecular complexity index is 382. The molecule has 2 heterocycles. The molecule has 0 radical (unpaired) electrons. The number of nitrogens with one attached hydrogen (secondary N) is 1. The van der Waals surface area contributed by atoms with Crippen LogP contribution in [0.15, 0.2) is 0 Å². The molecule has 2 amide bonds. The van der Waals surface area contributed by atoms with Crippen LogP contribution in [-0.2, 0) is 4.79 Å². The number of aliphatic carboxylic acids is 1. The first kappa shape index (κ1) is 16.1. The van der Waals surface area contributed by atoms with Gasteiger partial charge in [-0.25, -0.2) is 4.79 Å². The maximum absolute atomic E-state index is 12.2. The second-order valence-corrected chi connectivity index (χ2v) is 6.47. The average molecular weight is 297 g/mol. The van der Waals surface area contributed by atoms with E-state index in [1.54, 1.807) is 4.90 Å². The number of carbonyl (C=O) groups is 2. The van der Waals surface area contributed by atoms with Gasteiger partial charge in [-0.05, 0) is 45.2 Å². The Labute approximate surface area is 126 Å². The predicted octanol–water partition coefficient (Wildman–Crippen LogP) is 1.22. The van der Waals surface area contributed by atoms with Gasteiger partial charge in [0.1, 0.15) is 0 Å². The summed E-state index contributed by atoms with van der Waals surface area (Å²) in [4.78, 5) is 27.3. The van der Waals surface area contributed by atoms with E-state index in [2.05, 4.69) is 17.1 Å². The molecule has 6 heteroatoms. The predicted molar refractivity (Wildman–Crippen MR) is 80.1 cm³/mol. The van der Waals surface area contributed by atoms with Gasteiger partial charge in [-0.15, -0.1) is 0 Å². The summed E-state index contributed by atoms with van der Waals surface area (Å²) in [5.41, 5.74) is 0. The Hall–Kier alpha value is -1.30. The topological polar surface area (TPSA) is 72.9 Å². The van der Waals surface area contributed by atoms with Gasteiger partial charge in [0.15, 0.2) is 0 Å². The van der Waals surface area contributed by atoms with Crippen molar-refractivity contribution in [3.63, 3.8) is 0 Å². The largest absolute Gasteiger partial charge is 0.481 e. The zero-order chi connectivity index (χ0) is 15.4. The van der Waals surface area contributed by atoms with Crippen LogP contribution < -0.4 is 5.32 Å². The summed E-state index contributed by atoms with van der Waals surface area (Å²) in [6.45, 7) is 8.50. The average Bonchev–Trinajstić information content (AvgIpc) is 3.05. The molecule has 0 aromatic heterocycles. The number of hydrogen-bond donors (Lipinski definition) is 2. The second-order valence-electron chi connectivity index (χ2n) is 6.47. The van der Waals surface area contributed by atoms with Crippen molar-refractivity contribution in [1.29, 1.82) is 0 Å². The summed E-state index contributed by atoms with van der Waals surface area (Å²) < 4.78 is 0. The summed E-state index contributed by atoms with van der Waals surface area (Å²) in [7, 11) is 0. The highest BCUT2D eigenvalue weighted by molar-refractivity contribution is 5.78. The Balaban J connectivity index is 1.73. The summed E-state index contributed by atoms with van der Waals surface area (Å²) in [5.74, 6) is -0.821. The molecule has 3 atom stereocenters. The van der Waals surface area contributed by atoms with Crippen LogP contribution in [0, 0.1) is 11.8 Å². The number of carboxylic acids is 1. The van der Waals surface area contributed by atoms with E-state index in [0.717, 1.165) is 6.54 Å². The molecule has 2 rings (SSSR count). The van der Waals surface area contributed by atoms with E-state index in [1.165, 1.54) is 25.9 Å². The first-order valence-electron chi connectivity index (χ1n) is 7.98. The molecular formula is C15H27N3O3. The van der Waals surface area contributed by atoms with E-state index in [9.17, 15) is 9.59 Å². The smallest absolute Gasteiger partial charge is 0.317 e. The molecule has 0 bridgehead atoms. The maximum Gasteiger partial charge on any atom is 0.317 e. The Kier molecular flexibility index (Phi) is 5.45. The van der Waals surface area contributed by atoms with E-state index in [-0.39, 0.29) is 12.1 Å². The molecule has 120 valence electrons. The minimum absolute atomic E-state index is 0.125. The van der Waals surface area contributed by atoms with Crippen LogP contribution in [0.1, 0.15) is 33.1 Å². The van der Waals surface area contributed by atoms with E-state index >= 15 is 0 Å². The Morgan fingerprint density at radius 2 is 1.95 bits per heavy atom. The monoisotopic (exact) mass is 297 g/mol. The number of nitrogens with zero attached hydrogens (tertiary/aromatic N) is 2. The van der Waals surface area contributed by atoms with Crippen LogP contribution in [0.4, 0.5) is 4.79 Å². The van der Waals surface area contributed by atoms with Crippen LogP contribution >= 0.6 is 0 Å². The third-order valence-corrected chi connectivity index (χ3v) is 4.70. The molecule has 6 nitrogen and oxygen atoms in total. The fourth-order valence-electron chi connectivity index (χ4n) is 3.39. The lowest BCUT2D eigenvalue weighted by Crippen LogP contribution is -2.45. The van der Waals surface area contributed by atoms with E-state index in [4.69, 9.17) is 5.11 Å². The first-order valence-corrected chi connectivity index (χ1v) is 7.98. The van der Waals surface area contributed by atoms with Crippen molar-refractivity contribution in [3.8, 4) is 0 Å². The van der Waals surface area contributed by atoms with Crippen LogP contribution in [0.5, 0.6) is 0 Å². The standard InChI is InChI=1S/C15H27N3O3/c1-11(10-17-6-3-4-7-17)9-16-15(21)18-8-5-13(12(18)2)14(19)20/h11-13H,3-10H2,1-2H3,(H,16,21)(H,19,20). The van der Waals surface area contributed by atoms with Crippen LogP contribution in [0.2, 0.25) is 0 Å². The molecule has 0 aliphatic carbocycles. The number of carbonyl (C=O) groups excluding carboxylic acids is 1. The Morgan fingerprint density at radius 1 is 1.29 bits per heavy atom. The molecule has 2 N–H and O–H groups in total. The number of carboxylic acid groups (broad SMARTS) is 1. The van der Waals surface area contributed by atoms with Gasteiger partial charge in [0, 0.05) is 25.7 Å². The van der Waals surface area contributed by atoms with Gasteiger partial charge >= 0.3 is 12.0 Å². The minimum atomic E-state index is -0.805. The maximum atomic E-state index is 12.2. The van der Waals surface area contributed by atoms with Crippen molar-refractivity contribution in [2.75, 3.05) is 32.7 Å². The fourth-order valence-corrected chi connectivity index (χ4v) is 3.39. The van der Waals surface area contributed by atoms with Crippen molar-refractivity contribution in [3.05, 3.63) is 0 Å². The fraction of sp³-hybridized carbons (Fsp3) is 0.867. The molecule has 3 unspecified atom stereocenters. The third-order valence-electron chi connectivity index (χ3n) is 4.70. The van der Waals surface area contributed by atoms with Crippen molar-refractivity contribution in [1.82, 2.24) is 15.1 Å². The third kappa shape index (κ3) is 4.09. The highest BCUT2D eigenvalue weighted by Gasteiger charge is 2.38. The lowest BCUT2D eigenvalue weighted by Gasteiger charge is -2.25. The second kappa shape index (κ2) is 7.11. The van der Waals surface area contributed by atoms with Gasteiger partial charge in [-0.3, -0.25) is 4.79 Å². The molecule has 0 spiro atoms. The first-order chi connectivity index (χ1) is 9.99.